The zero-order valence-electron chi connectivity index (χ0n) is 16.4. The van der Waals surface area contributed by atoms with Crippen LogP contribution in [0.3, 0.4) is 0 Å². The van der Waals surface area contributed by atoms with Crippen LogP contribution in [0.25, 0.3) is 11.4 Å². The van der Waals surface area contributed by atoms with Crippen LogP contribution in [-0.4, -0.2) is 58.6 Å². The average Bonchev–Trinajstić information content (AvgIpc) is 2.81. The molecule has 30 heavy (non-hydrogen) atoms. The number of pyridine rings is 1. The molecule has 7 nitrogen and oxygen atoms in total. The number of carbonyl (C=O) groups excluding carboxylic acids is 1. The summed E-state index contributed by atoms with van der Waals surface area (Å²) in [6.07, 6.45) is 6.68. The number of nitrogens with one attached hydrogen (secondary N) is 1. The summed E-state index contributed by atoms with van der Waals surface area (Å²) in [6, 6.07) is 11.2. The Morgan fingerprint density at radius 1 is 1.10 bits per heavy atom. The lowest BCUT2D eigenvalue weighted by atomic mass is 10.1. The molecule has 1 amide bonds. The largest absolute Gasteiger partial charge is 0.379 e. The summed E-state index contributed by atoms with van der Waals surface area (Å²) >= 11 is 5.92. The first kappa shape index (κ1) is 20.4. The molecule has 1 fully saturated rings. The van der Waals surface area contributed by atoms with Crippen molar-refractivity contribution in [1.82, 2.24) is 25.2 Å². The lowest BCUT2D eigenvalue weighted by Crippen LogP contribution is -2.43. The van der Waals surface area contributed by atoms with Crippen LogP contribution < -0.4 is 5.32 Å². The average molecular weight is 424 g/mol. The van der Waals surface area contributed by atoms with Gasteiger partial charge in [0.05, 0.1) is 24.8 Å². The first-order valence-corrected chi connectivity index (χ1v) is 10.2. The molecule has 1 saturated heterocycles. The Kier molecular flexibility index (Phi) is 6.63. The zero-order valence-corrected chi connectivity index (χ0v) is 17.1. The molecule has 1 atom stereocenters. The van der Waals surface area contributed by atoms with E-state index in [-0.39, 0.29) is 11.9 Å². The third kappa shape index (κ3) is 4.99. The van der Waals surface area contributed by atoms with E-state index in [0.29, 0.717) is 36.2 Å². The first-order valence-electron chi connectivity index (χ1n) is 9.78. The molecule has 0 saturated carbocycles. The summed E-state index contributed by atoms with van der Waals surface area (Å²) in [7, 11) is 0. The third-order valence-electron chi connectivity index (χ3n) is 5.03. The molecule has 0 aliphatic carbocycles. The van der Waals surface area contributed by atoms with Gasteiger partial charge in [0.15, 0.2) is 5.82 Å². The summed E-state index contributed by atoms with van der Waals surface area (Å²) in [5.74, 6) is 0.338. The SMILES string of the molecule is O=C(NCC(c1cccnc1)N1CCOCC1)c1cnc(-c2ccc(Cl)cc2)nc1. The second-order valence-electron chi connectivity index (χ2n) is 6.96. The number of nitrogens with zero attached hydrogens (tertiary/aromatic N) is 4. The van der Waals surface area contributed by atoms with E-state index in [1.165, 1.54) is 0 Å². The van der Waals surface area contributed by atoms with Gasteiger partial charge < -0.3 is 10.1 Å². The van der Waals surface area contributed by atoms with Crippen LogP contribution in [0.2, 0.25) is 5.02 Å². The van der Waals surface area contributed by atoms with E-state index < -0.39 is 0 Å². The number of hydrogen-bond donors (Lipinski definition) is 1. The van der Waals surface area contributed by atoms with Crippen molar-refractivity contribution in [3.63, 3.8) is 0 Å². The molecule has 0 bridgehead atoms. The normalized spacial score (nSPS) is 15.5. The van der Waals surface area contributed by atoms with E-state index in [0.717, 1.165) is 24.2 Å². The summed E-state index contributed by atoms with van der Waals surface area (Å²) in [5, 5.41) is 3.67. The van der Waals surface area contributed by atoms with Gasteiger partial charge in [0.25, 0.3) is 5.91 Å². The van der Waals surface area contributed by atoms with E-state index in [4.69, 9.17) is 16.3 Å². The van der Waals surface area contributed by atoms with E-state index in [1.54, 1.807) is 30.7 Å². The van der Waals surface area contributed by atoms with Crippen molar-refractivity contribution < 1.29 is 9.53 Å². The maximum atomic E-state index is 12.7. The van der Waals surface area contributed by atoms with Crippen LogP contribution in [0, 0.1) is 0 Å². The van der Waals surface area contributed by atoms with Crippen molar-refractivity contribution in [2.45, 2.75) is 6.04 Å². The van der Waals surface area contributed by atoms with Gasteiger partial charge >= 0.3 is 0 Å². The summed E-state index contributed by atoms with van der Waals surface area (Å²) in [5.41, 5.74) is 2.32. The third-order valence-corrected chi connectivity index (χ3v) is 5.28. The molecule has 0 radical (unpaired) electrons. The molecule has 1 aliphatic rings. The smallest absolute Gasteiger partial charge is 0.254 e. The predicted molar refractivity (Wildman–Crippen MR) is 114 cm³/mol. The number of hydrogen-bond acceptors (Lipinski definition) is 6. The summed E-state index contributed by atoms with van der Waals surface area (Å²) in [4.78, 5) is 27.9. The van der Waals surface area contributed by atoms with Crippen LogP contribution in [0.5, 0.6) is 0 Å². The molecule has 1 unspecified atom stereocenters. The topological polar surface area (TPSA) is 80.2 Å². The van der Waals surface area contributed by atoms with Crippen LogP contribution in [-0.2, 0) is 4.74 Å². The first-order chi connectivity index (χ1) is 14.7. The van der Waals surface area contributed by atoms with Gasteiger partial charge in [-0.15, -0.1) is 0 Å². The molecular formula is C22H22ClN5O2. The number of morpholine rings is 1. The summed E-state index contributed by atoms with van der Waals surface area (Å²) < 4.78 is 5.47. The zero-order chi connectivity index (χ0) is 20.8. The second-order valence-corrected chi connectivity index (χ2v) is 7.40. The predicted octanol–water partition coefficient (Wildman–Crippen LogP) is 3.00. The monoisotopic (exact) mass is 423 g/mol. The molecule has 1 aromatic carbocycles. The van der Waals surface area contributed by atoms with Crippen LogP contribution in [0.15, 0.2) is 61.2 Å². The quantitative estimate of drug-likeness (QED) is 0.656. The van der Waals surface area contributed by atoms with Crippen molar-refractivity contribution >= 4 is 17.5 Å². The Balaban J connectivity index is 1.43. The van der Waals surface area contributed by atoms with Gasteiger partial charge in [0.1, 0.15) is 0 Å². The molecular weight excluding hydrogens is 402 g/mol. The molecule has 2 aromatic heterocycles. The maximum Gasteiger partial charge on any atom is 0.254 e. The molecule has 8 heteroatoms. The minimum atomic E-state index is -0.209. The highest BCUT2D eigenvalue weighted by atomic mass is 35.5. The molecule has 154 valence electrons. The Hall–Kier alpha value is -2.87. The lowest BCUT2D eigenvalue weighted by molar-refractivity contribution is 0.0161. The fraction of sp³-hybridized carbons (Fsp3) is 0.273. The Morgan fingerprint density at radius 3 is 2.50 bits per heavy atom. The number of halogens is 1. The standard InChI is InChI=1S/C22H22ClN5O2/c23-19-5-3-16(4-6-19)21-25-13-18(14-26-21)22(29)27-15-20(17-2-1-7-24-12-17)28-8-10-30-11-9-28/h1-7,12-14,20H,8-11,15H2,(H,27,29). The number of benzene rings is 1. The highest BCUT2D eigenvalue weighted by Crippen LogP contribution is 2.21. The molecule has 1 aliphatic heterocycles. The van der Waals surface area contributed by atoms with Crippen LogP contribution >= 0.6 is 11.6 Å². The van der Waals surface area contributed by atoms with Gasteiger partial charge in [-0.25, -0.2) is 9.97 Å². The highest BCUT2D eigenvalue weighted by Gasteiger charge is 2.23. The van der Waals surface area contributed by atoms with E-state index in [1.807, 2.05) is 30.5 Å². The Bertz CT molecular complexity index is 961. The number of carbonyl (C=O) groups is 1. The van der Waals surface area contributed by atoms with Gasteiger partial charge in [-0.2, -0.15) is 0 Å². The van der Waals surface area contributed by atoms with Crippen molar-refractivity contribution in [3.8, 4) is 11.4 Å². The molecule has 4 rings (SSSR count). The van der Waals surface area contributed by atoms with Gasteiger partial charge in [-0.1, -0.05) is 17.7 Å². The number of ether oxygens (including phenoxy) is 1. The molecule has 0 spiro atoms. The van der Waals surface area contributed by atoms with Gasteiger partial charge in [0, 0.05) is 55.0 Å². The van der Waals surface area contributed by atoms with Crippen LogP contribution in [0.1, 0.15) is 22.0 Å². The fourth-order valence-electron chi connectivity index (χ4n) is 3.40. The fourth-order valence-corrected chi connectivity index (χ4v) is 3.53. The molecule has 3 heterocycles. The van der Waals surface area contributed by atoms with E-state index in [2.05, 4.69) is 25.2 Å². The number of aromatic nitrogens is 3. The molecule has 1 N–H and O–H groups in total. The summed E-state index contributed by atoms with van der Waals surface area (Å²) in [6.45, 7) is 3.46. The van der Waals surface area contributed by atoms with Gasteiger partial charge in [0.2, 0.25) is 0 Å². The minimum Gasteiger partial charge on any atom is -0.379 e. The maximum absolute atomic E-state index is 12.7. The second kappa shape index (κ2) is 9.75. The van der Waals surface area contributed by atoms with Crippen molar-refractivity contribution in [2.75, 3.05) is 32.8 Å². The lowest BCUT2D eigenvalue weighted by Gasteiger charge is -2.34. The Morgan fingerprint density at radius 2 is 1.83 bits per heavy atom. The minimum absolute atomic E-state index is 0.0285. The number of rotatable bonds is 6. The van der Waals surface area contributed by atoms with Crippen molar-refractivity contribution in [3.05, 3.63) is 77.3 Å². The van der Waals surface area contributed by atoms with Crippen molar-refractivity contribution in [1.29, 1.82) is 0 Å². The highest BCUT2D eigenvalue weighted by molar-refractivity contribution is 6.30. The van der Waals surface area contributed by atoms with E-state index in [9.17, 15) is 4.79 Å². The Labute approximate surface area is 180 Å². The van der Waals surface area contributed by atoms with Gasteiger partial charge in [-0.3, -0.25) is 14.7 Å². The van der Waals surface area contributed by atoms with Gasteiger partial charge in [-0.05, 0) is 35.9 Å². The number of amides is 1. The van der Waals surface area contributed by atoms with Crippen molar-refractivity contribution in [2.24, 2.45) is 0 Å². The van der Waals surface area contributed by atoms with Crippen LogP contribution in [0.4, 0.5) is 0 Å². The molecule has 3 aromatic rings. The van der Waals surface area contributed by atoms with E-state index >= 15 is 0 Å².